The van der Waals surface area contributed by atoms with Crippen molar-refractivity contribution in [2.75, 3.05) is 12.8 Å². The number of nitrogens with two attached hydrogens (primary N) is 1. The molecule has 0 saturated heterocycles. The fourth-order valence-electron chi connectivity index (χ4n) is 1.52. The van der Waals surface area contributed by atoms with Crippen molar-refractivity contribution in [3.8, 4) is 17.0 Å². The molecule has 0 radical (unpaired) electrons. The van der Waals surface area contributed by atoms with E-state index in [1.807, 2.05) is 31.2 Å². The number of nitrogen functional groups attached to an aromatic ring is 1. The molecule has 0 spiro atoms. The number of anilines is 1. The molecule has 0 amide bonds. The highest BCUT2D eigenvalue weighted by Crippen LogP contribution is 2.22. The minimum absolute atomic E-state index is 0.477. The first-order chi connectivity index (χ1) is 7.69. The number of methoxy groups -OCH3 is 1. The SMILES string of the molecule is COc1cccc(-c2cc(N)nc(C)n2)c1. The molecular formula is C12H13N3O. The van der Waals surface area contributed by atoms with Crippen LogP contribution in [0, 0.1) is 6.92 Å². The second kappa shape index (κ2) is 4.18. The van der Waals surface area contributed by atoms with Crippen molar-refractivity contribution < 1.29 is 4.74 Å². The largest absolute Gasteiger partial charge is 0.497 e. The summed E-state index contributed by atoms with van der Waals surface area (Å²) in [5.74, 6) is 1.94. The molecule has 0 unspecified atom stereocenters. The molecule has 82 valence electrons. The van der Waals surface area contributed by atoms with Crippen LogP contribution in [0.1, 0.15) is 5.82 Å². The molecule has 0 saturated carbocycles. The first-order valence-corrected chi connectivity index (χ1v) is 4.94. The molecule has 1 aromatic heterocycles. The van der Waals surface area contributed by atoms with Gasteiger partial charge in [0, 0.05) is 11.6 Å². The van der Waals surface area contributed by atoms with E-state index >= 15 is 0 Å². The van der Waals surface area contributed by atoms with Crippen molar-refractivity contribution in [2.24, 2.45) is 0 Å². The van der Waals surface area contributed by atoms with Crippen LogP contribution in [0.4, 0.5) is 5.82 Å². The minimum atomic E-state index is 0.477. The average Bonchev–Trinajstić information content (AvgIpc) is 2.28. The lowest BCUT2D eigenvalue weighted by Crippen LogP contribution is -1.97. The van der Waals surface area contributed by atoms with Crippen LogP contribution >= 0.6 is 0 Å². The van der Waals surface area contributed by atoms with Gasteiger partial charge in [-0.3, -0.25) is 0 Å². The van der Waals surface area contributed by atoms with Crippen LogP contribution in [0.25, 0.3) is 11.3 Å². The van der Waals surface area contributed by atoms with Gasteiger partial charge in [0.1, 0.15) is 17.4 Å². The number of benzene rings is 1. The Labute approximate surface area is 94.1 Å². The molecule has 2 N–H and O–H groups in total. The zero-order valence-corrected chi connectivity index (χ0v) is 9.27. The highest BCUT2D eigenvalue weighted by atomic mass is 16.5. The Kier molecular flexibility index (Phi) is 2.72. The van der Waals surface area contributed by atoms with E-state index in [0.29, 0.717) is 11.6 Å². The highest BCUT2D eigenvalue weighted by Gasteiger charge is 2.03. The Balaban J connectivity index is 2.49. The molecular weight excluding hydrogens is 202 g/mol. The third-order valence-corrected chi connectivity index (χ3v) is 2.22. The summed E-state index contributed by atoms with van der Waals surface area (Å²) in [5.41, 5.74) is 7.46. The van der Waals surface area contributed by atoms with Gasteiger partial charge in [-0.15, -0.1) is 0 Å². The van der Waals surface area contributed by atoms with Crippen molar-refractivity contribution in [2.45, 2.75) is 6.92 Å². The molecule has 0 atom stereocenters. The number of aryl methyl sites for hydroxylation is 1. The summed E-state index contributed by atoms with van der Waals surface area (Å²) in [6.07, 6.45) is 0. The second-order valence-corrected chi connectivity index (χ2v) is 3.46. The van der Waals surface area contributed by atoms with E-state index in [-0.39, 0.29) is 0 Å². The molecule has 4 heteroatoms. The maximum absolute atomic E-state index is 5.68. The number of aromatic nitrogens is 2. The zero-order valence-electron chi connectivity index (χ0n) is 9.27. The van der Waals surface area contributed by atoms with Crippen molar-refractivity contribution in [1.82, 2.24) is 9.97 Å². The summed E-state index contributed by atoms with van der Waals surface area (Å²) >= 11 is 0. The summed E-state index contributed by atoms with van der Waals surface area (Å²) in [4.78, 5) is 8.37. The minimum Gasteiger partial charge on any atom is -0.497 e. The molecule has 0 fully saturated rings. The molecule has 0 bridgehead atoms. The van der Waals surface area contributed by atoms with E-state index in [0.717, 1.165) is 17.0 Å². The van der Waals surface area contributed by atoms with Gasteiger partial charge in [0.15, 0.2) is 0 Å². The summed E-state index contributed by atoms with van der Waals surface area (Å²) in [6, 6.07) is 9.44. The van der Waals surface area contributed by atoms with Gasteiger partial charge in [-0.25, -0.2) is 9.97 Å². The number of nitrogens with zero attached hydrogens (tertiary/aromatic N) is 2. The van der Waals surface area contributed by atoms with Crippen LogP contribution < -0.4 is 10.5 Å². The second-order valence-electron chi connectivity index (χ2n) is 3.46. The van der Waals surface area contributed by atoms with Gasteiger partial charge >= 0.3 is 0 Å². The first-order valence-electron chi connectivity index (χ1n) is 4.94. The summed E-state index contributed by atoms with van der Waals surface area (Å²) in [7, 11) is 1.64. The Bertz CT molecular complexity index is 491. The molecule has 0 aliphatic carbocycles. The van der Waals surface area contributed by atoms with E-state index in [9.17, 15) is 0 Å². The molecule has 0 aliphatic heterocycles. The fraction of sp³-hybridized carbons (Fsp3) is 0.167. The molecule has 2 rings (SSSR count). The Hall–Kier alpha value is -2.10. The van der Waals surface area contributed by atoms with Crippen molar-refractivity contribution in [3.05, 3.63) is 36.2 Å². The van der Waals surface area contributed by atoms with Crippen molar-refractivity contribution in [1.29, 1.82) is 0 Å². The van der Waals surface area contributed by atoms with Gasteiger partial charge in [-0.05, 0) is 19.1 Å². The van der Waals surface area contributed by atoms with Gasteiger partial charge in [0.05, 0.1) is 12.8 Å². The lowest BCUT2D eigenvalue weighted by atomic mass is 10.1. The maximum atomic E-state index is 5.68. The van der Waals surface area contributed by atoms with E-state index in [2.05, 4.69) is 9.97 Å². The third kappa shape index (κ3) is 2.11. The first kappa shape index (κ1) is 10.4. The van der Waals surface area contributed by atoms with Crippen molar-refractivity contribution >= 4 is 5.82 Å². The van der Waals surface area contributed by atoms with Gasteiger partial charge in [-0.1, -0.05) is 12.1 Å². The number of hydrogen-bond acceptors (Lipinski definition) is 4. The van der Waals surface area contributed by atoms with Gasteiger partial charge in [0.2, 0.25) is 0 Å². The Morgan fingerprint density at radius 2 is 2.00 bits per heavy atom. The predicted octanol–water partition coefficient (Wildman–Crippen LogP) is 2.04. The zero-order chi connectivity index (χ0) is 11.5. The molecule has 1 aromatic carbocycles. The number of hydrogen-bond donors (Lipinski definition) is 1. The standard InChI is InChI=1S/C12H13N3O/c1-8-14-11(7-12(13)15-8)9-4-3-5-10(6-9)16-2/h3-7H,1-2H3,(H2,13,14,15). The predicted molar refractivity (Wildman–Crippen MR) is 63.2 cm³/mol. The monoisotopic (exact) mass is 215 g/mol. The quantitative estimate of drug-likeness (QED) is 0.832. The van der Waals surface area contributed by atoms with Crippen LogP contribution in [-0.4, -0.2) is 17.1 Å². The number of rotatable bonds is 2. The summed E-state index contributed by atoms with van der Waals surface area (Å²) in [5, 5.41) is 0. The van der Waals surface area contributed by atoms with E-state index in [1.165, 1.54) is 0 Å². The maximum Gasteiger partial charge on any atom is 0.128 e. The van der Waals surface area contributed by atoms with Gasteiger partial charge < -0.3 is 10.5 Å². The molecule has 0 aliphatic rings. The van der Waals surface area contributed by atoms with Crippen LogP contribution in [0.15, 0.2) is 30.3 Å². The van der Waals surface area contributed by atoms with Crippen molar-refractivity contribution in [3.63, 3.8) is 0 Å². The summed E-state index contributed by atoms with van der Waals surface area (Å²) in [6.45, 7) is 1.82. The van der Waals surface area contributed by atoms with Crippen LogP contribution in [0.5, 0.6) is 5.75 Å². The highest BCUT2D eigenvalue weighted by molar-refractivity contribution is 5.63. The van der Waals surface area contributed by atoms with Crippen LogP contribution in [0.2, 0.25) is 0 Å². The molecule has 2 aromatic rings. The van der Waals surface area contributed by atoms with Crippen LogP contribution in [-0.2, 0) is 0 Å². The van der Waals surface area contributed by atoms with E-state index in [4.69, 9.17) is 10.5 Å². The van der Waals surface area contributed by atoms with E-state index < -0.39 is 0 Å². The Morgan fingerprint density at radius 3 is 2.69 bits per heavy atom. The van der Waals surface area contributed by atoms with Gasteiger partial charge in [-0.2, -0.15) is 0 Å². The smallest absolute Gasteiger partial charge is 0.128 e. The van der Waals surface area contributed by atoms with Crippen LogP contribution in [0.3, 0.4) is 0 Å². The fourth-order valence-corrected chi connectivity index (χ4v) is 1.52. The third-order valence-electron chi connectivity index (χ3n) is 2.22. The van der Waals surface area contributed by atoms with Gasteiger partial charge in [0.25, 0.3) is 0 Å². The summed E-state index contributed by atoms with van der Waals surface area (Å²) < 4.78 is 5.16. The molecule has 1 heterocycles. The number of ether oxygens (including phenoxy) is 1. The topological polar surface area (TPSA) is 61.0 Å². The Morgan fingerprint density at radius 1 is 1.19 bits per heavy atom. The molecule has 16 heavy (non-hydrogen) atoms. The normalized spacial score (nSPS) is 10.1. The lowest BCUT2D eigenvalue weighted by molar-refractivity contribution is 0.415. The lowest BCUT2D eigenvalue weighted by Gasteiger charge is -2.05. The molecule has 4 nitrogen and oxygen atoms in total. The average molecular weight is 215 g/mol. The van der Waals surface area contributed by atoms with E-state index in [1.54, 1.807) is 13.2 Å².